The summed E-state index contributed by atoms with van der Waals surface area (Å²) in [6.45, 7) is 3.89. The number of phenols is 1. The molecule has 0 bridgehead atoms. The van der Waals surface area contributed by atoms with E-state index in [-0.39, 0.29) is 30.1 Å². The summed E-state index contributed by atoms with van der Waals surface area (Å²) >= 11 is 0. The molecule has 8 nitrogen and oxygen atoms in total. The topological polar surface area (TPSA) is 108 Å². The number of para-hydroxylation sites is 1. The summed E-state index contributed by atoms with van der Waals surface area (Å²) in [5.41, 5.74) is 6.02. The quantitative estimate of drug-likeness (QED) is 0.292. The molecule has 0 spiro atoms. The van der Waals surface area contributed by atoms with Gasteiger partial charge in [-0.15, -0.1) is 0 Å². The number of phenolic OH excluding ortho intramolecular Hbond substituents is 1. The second kappa shape index (κ2) is 10.8. The number of carbonyl (C=O) groups is 2. The van der Waals surface area contributed by atoms with Crippen LogP contribution < -0.4 is 10.2 Å². The Labute approximate surface area is 239 Å². The van der Waals surface area contributed by atoms with Crippen LogP contribution in [-0.4, -0.2) is 42.8 Å². The van der Waals surface area contributed by atoms with Gasteiger partial charge in [0.15, 0.2) is 0 Å². The van der Waals surface area contributed by atoms with Crippen molar-refractivity contribution in [2.24, 2.45) is 17.8 Å². The van der Waals surface area contributed by atoms with Gasteiger partial charge in [0.05, 0.1) is 30.2 Å². The van der Waals surface area contributed by atoms with E-state index in [1.165, 1.54) is 4.90 Å². The molecule has 3 aromatic carbocycles. The summed E-state index contributed by atoms with van der Waals surface area (Å²) in [7, 11) is 0.355. The third-order valence-corrected chi connectivity index (χ3v) is 8.60. The van der Waals surface area contributed by atoms with Gasteiger partial charge in [-0.05, 0) is 109 Å². The summed E-state index contributed by atoms with van der Waals surface area (Å²) in [5.74, 6) is -1.80. The zero-order valence-corrected chi connectivity index (χ0v) is 23.3. The molecule has 0 unspecified atom stereocenters. The van der Waals surface area contributed by atoms with Crippen molar-refractivity contribution in [2.75, 3.05) is 23.9 Å². The van der Waals surface area contributed by atoms with Crippen molar-refractivity contribution < 1.29 is 29.1 Å². The molecule has 4 atom stereocenters. The van der Waals surface area contributed by atoms with E-state index in [1.54, 1.807) is 19.2 Å². The Morgan fingerprint density at radius 2 is 1.63 bits per heavy atom. The fraction of sp³-hybridized carbons (Fsp3) is 0.312. The first-order valence-electron chi connectivity index (χ1n) is 13.9. The van der Waals surface area contributed by atoms with Crippen LogP contribution in [0.5, 0.6) is 5.75 Å². The molecule has 1 aliphatic carbocycles. The van der Waals surface area contributed by atoms with E-state index in [0.717, 1.165) is 22.5 Å². The van der Waals surface area contributed by atoms with E-state index < -0.39 is 25.1 Å². The van der Waals surface area contributed by atoms with Crippen LogP contribution in [0.2, 0.25) is 0 Å². The number of allylic oxidation sites excluding steroid dienone is 1. The minimum atomic E-state index is -1.22. The number of anilines is 3. The van der Waals surface area contributed by atoms with Crippen LogP contribution in [0.25, 0.3) is 0 Å². The van der Waals surface area contributed by atoms with Gasteiger partial charge in [-0.1, -0.05) is 18.2 Å². The summed E-state index contributed by atoms with van der Waals surface area (Å²) in [4.78, 5) is 29.2. The number of hydrogen-bond acceptors (Lipinski definition) is 7. The van der Waals surface area contributed by atoms with Crippen molar-refractivity contribution in [3.63, 3.8) is 0 Å². The number of rotatable bonds is 6. The van der Waals surface area contributed by atoms with Crippen LogP contribution >= 0.6 is 0 Å². The number of nitrogens with zero attached hydrogens (tertiary/aromatic N) is 1. The summed E-state index contributed by atoms with van der Waals surface area (Å²) in [5, 5.41) is 24.8. The number of imide groups is 1. The Morgan fingerprint density at radius 1 is 0.976 bits per heavy atom. The number of hydrogen-bond donors (Lipinski definition) is 3. The number of amides is 2. The monoisotopic (exact) mass is 552 g/mol. The third kappa shape index (κ3) is 4.84. The van der Waals surface area contributed by atoms with Gasteiger partial charge in [-0.2, -0.15) is 0 Å². The van der Waals surface area contributed by atoms with E-state index in [2.05, 4.69) is 5.32 Å². The van der Waals surface area contributed by atoms with Crippen LogP contribution in [0.4, 0.5) is 17.1 Å². The van der Waals surface area contributed by atoms with Crippen LogP contribution in [-0.2, 0) is 19.0 Å². The second-order valence-electron chi connectivity index (χ2n) is 11.2. The molecule has 6 rings (SSSR count). The third-order valence-electron chi connectivity index (χ3n) is 8.60. The highest BCUT2D eigenvalue weighted by atomic mass is 16.5. The summed E-state index contributed by atoms with van der Waals surface area (Å²) in [6.07, 6.45) is 0.262. The molecule has 3 N–H and O–H groups in total. The van der Waals surface area contributed by atoms with Gasteiger partial charge in [0.25, 0.3) is 0 Å². The lowest BCUT2D eigenvalue weighted by molar-refractivity contribution is -0.123. The average Bonchev–Trinajstić information content (AvgIpc) is 3.21. The first-order valence-corrected chi connectivity index (χ1v) is 13.9. The molecule has 2 aliphatic heterocycles. The molecule has 3 aliphatic rings. The smallest absolute Gasteiger partial charge is 0.487 e. The second-order valence-corrected chi connectivity index (χ2v) is 11.2. The number of carbonyl (C=O) groups excluding carboxylic acids is 2. The van der Waals surface area contributed by atoms with Crippen molar-refractivity contribution in [3.05, 3.63) is 94.5 Å². The van der Waals surface area contributed by atoms with Gasteiger partial charge in [-0.3, -0.25) is 14.5 Å². The molecule has 41 heavy (non-hydrogen) atoms. The molecule has 0 saturated carbocycles. The van der Waals surface area contributed by atoms with E-state index in [9.17, 15) is 19.7 Å². The number of aryl methyl sites for hydroxylation is 2. The fourth-order valence-electron chi connectivity index (χ4n) is 6.74. The molecule has 2 saturated heterocycles. The maximum absolute atomic E-state index is 14.0. The van der Waals surface area contributed by atoms with Crippen LogP contribution in [0.1, 0.15) is 35.6 Å². The van der Waals surface area contributed by atoms with Gasteiger partial charge in [0.1, 0.15) is 5.75 Å². The highest BCUT2D eigenvalue weighted by Gasteiger charge is 2.58. The Hall–Kier alpha value is -3.92. The molecule has 9 heteroatoms. The van der Waals surface area contributed by atoms with Crippen LogP contribution in [0.15, 0.2) is 77.8 Å². The Morgan fingerprint density at radius 3 is 2.29 bits per heavy atom. The van der Waals surface area contributed by atoms with Crippen LogP contribution in [0.3, 0.4) is 0 Å². The normalized spacial score (nSPS) is 24.0. The number of ether oxygens (including phenoxy) is 1. The molecule has 0 radical (unpaired) electrons. The Balaban J connectivity index is 1.31. The lowest BCUT2D eigenvalue weighted by Crippen LogP contribution is -2.45. The maximum atomic E-state index is 14.0. The summed E-state index contributed by atoms with van der Waals surface area (Å²) < 4.78 is 11.5. The average molecular weight is 552 g/mol. The first-order chi connectivity index (χ1) is 19.8. The molecule has 3 aromatic rings. The minimum Gasteiger partial charge on any atom is -0.507 e. The lowest BCUT2D eigenvalue weighted by Gasteiger charge is -2.42. The van der Waals surface area contributed by atoms with Gasteiger partial charge < -0.3 is 24.8 Å². The van der Waals surface area contributed by atoms with Gasteiger partial charge in [0, 0.05) is 18.5 Å². The van der Waals surface area contributed by atoms with E-state index in [0.29, 0.717) is 35.1 Å². The van der Waals surface area contributed by atoms with Crippen molar-refractivity contribution >= 4 is 36.0 Å². The fourth-order valence-corrected chi connectivity index (χ4v) is 6.74. The van der Waals surface area contributed by atoms with Crippen LogP contribution in [0, 0.1) is 31.6 Å². The van der Waals surface area contributed by atoms with Crippen molar-refractivity contribution in [2.45, 2.75) is 32.8 Å². The van der Waals surface area contributed by atoms with Gasteiger partial charge >= 0.3 is 7.12 Å². The summed E-state index contributed by atoms with van der Waals surface area (Å²) in [6, 6.07) is 20.7. The Bertz CT molecular complexity index is 1500. The minimum absolute atomic E-state index is 0.225. The van der Waals surface area contributed by atoms with Crippen molar-refractivity contribution in [3.8, 4) is 5.75 Å². The molecule has 210 valence electrons. The SMILES string of the molecule is COCC1=C2B(O)O[C@H](c3cc(C)c(O)c(C)c3)C[C@H]2[C@H]2C(=O)N(c3ccc(Nc4ccccc4)cc3)C(=O)[C@H]2C1. The standard InChI is InChI=1S/C32H33BN2O6/c1-18-13-20(14-19(2)30(18)36)27-16-25-28-26(15-21(17-40-3)29(25)33(39)41-27)31(37)35(32(28)38)24-11-9-23(10-12-24)34-22-7-5-4-6-8-22/h4-14,25-28,34,36,39H,15-17H2,1-3H3/t25-,26-,27-,28+/m0/s1. The molecule has 0 aromatic heterocycles. The lowest BCUT2D eigenvalue weighted by atomic mass is 9.55. The highest BCUT2D eigenvalue weighted by Crippen LogP contribution is 2.52. The van der Waals surface area contributed by atoms with Crippen molar-refractivity contribution in [1.82, 2.24) is 0 Å². The van der Waals surface area contributed by atoms with E-state index in [4.69, 9.17) is 9.39 Å². The molecule has 2 heterocycles. The molecule has 2 amide bonds. The van der Waals surface area contributed by atoms with E-state index in [1.807, 2.05) is 68.4 Å². The van der Waals surface area contributed by atoms with E-state index >= 15 is 0 Å². The molecular formula is C32H33BN2O6. The number of nitrogens with one attached hydrogen (secondary N) is 1. The number of benzene rings is 3. The Kier molecular flexibility index (Phi) is 7.19. The molecular weight excluding hydrogens is 519 g/mol. The number of methoxy groups -OCH3 is 1. The van der Waals surface area contributed by atoms with Gasteiger partial charge in [-0.25, -0.2) is 0 Å². The number of fused-ring (bicyclic) bond motifs is 3. The first kappa shape index (κ1) is 27.3. The largest absolute Gasteiger partial charge is 0.507 e. The molecule has 2 fully saturated rings. The van der Waals surface area contributed by atoms with Gasteiger partial charge in [0.2, 0.25) is 11.8 Å². The zero-order chi connectivity index (χ0) is 28.8. The highest BCUT2D eigenvalue weighted by molar-refractivity contribution is 6.53. The van der Waals surface area contributed by atoms with Crippen molar-refractivity contribution in [1.29, 1.82) is 0 Å². The zero-order valence-electron chi connectivity index (χ0n) is 23.3. The number of aromatic hydroxyl groups is 1. The predicted molar refractivity (Wildman–Crippen MR) is 157 cm³/mol. The predicted octanol–water partition coefficient (Wildman–Crippen LogP) is 5.00. The maximum Gasteiger partial charge on any atom is 0.487 e.